The highest BCUT2D eigenvalue weighted by Gasteiger charge is 2.62. The van der Waals surface area contributed by atoms with Gasteiger partial charge < -0.3 is 0 Å². The summed E-state index contributed by atoms with van der Waals surface area (Å²) < 4.78 is 1.68. The Bertz CT molecular complexity index is 600. The smallest absolute Gasteiger partial charge is 0.277 e. The van der Waals surface area contributed by atoms with Crippen molar-refractivity contribution in [1.29, 1.82) is 0 Å². The number of barbiturate groups is 1. The van der Waals surface area contributed by atoms with Crippen molar-refractivity contribution in [2.75, 3.05) is 0 Å². The summed E-state index contributed by atoms with van der Waals surface area (Å²) >= 11 is 0. The number of carbonyl (C=O) groups is 3. The van der Waals surface area contributed by atoms with Crippen LogP contribution in [0.4, 0.5) is 4.79 Å². The van der Waals surface area contributed by atoms with Gasteiger partial charge in [-0.3, -0.25) is 24.5 Å². The zero-order valence-corrected chi connectivity index (χ0v) is 10.8. The van der Waals surface area contributed by atoms with Crippen LogP contribution in [0.3, 0.4) is 0 Å². The van der Waals surface area contributed by atoms with Crippen LogP contribution in [-0.4, -0.2) is 32.5 Å². The van der Waals surface area contributed by atoms with Crippen LogP contribution in [0.25, 0.3) is 0 Å². The zero-order chi connectivity index (χ0) is 13.8. The average molecular weight is 262 g/mol. The van der Waals surface area contributed by atoms with E-state index in [2.05, 4.69) is 10.4 Å². The summed E-state index contributed by atoms with van der Waals surface area (Å²) in [4.78, 5) is 36.9. The third-order valence-electron chi connectivity index (χ3n) is 3.97. The van der Waals surface area contributed by atoms with Crippen LogP contribution in [-0.2, 0) is 23.2 Å². The maximum atomic E-state index is 12.3. The number of imide groups is 2. The van der Waals surface area contributed by atoms with E-state index < -0.39 is 17.4 Å². The second kappa shape index (κ2) is 3.66. The highest BCUT2D eigenvalue weighted by molar-refractivity contribution is 6.20. The summed E-state index contributed by atoms with van der Waals surface area (Å²) in [5.41, 5.74) is 0.711. The number of amides is 4. The third-order valence-corrected chi connectivity index (χ3v) is 3.97. The van der Waals surface area contributed by atoms with Gasteiger partial charge in [-0.05, 0) is 19.8 Å². The Morgan fingerprint density at radius 3 is 2.58 bits per heavy atom. The van der Waals surface area contributed by atoms with Crippen LogP contribution in [0.15, 0.2) is 6.20 Å². The first kappa shape index (κ1) is 11.9. The molecule has 0 bridgehead atoms. The molecule has 100 valence electrons. The van der Waals surface area contributed by atoms with Crippen LogP contribution in [0.5, 0.6) is 0 Å². The highest BCUT2D eigenvalue weighted by atomic mass is 16.2. The molecule has 0 aromatic carbocycles. The molecule has 19 heavy (non-hydrogen) atoms. The van der Waals surface area contributed by atoms with E-state index >= 15 is 0 Å². The number of nitrogens with zero attached hydrogens (tertiary/aromatic N) is 3. The molecule has 3 rings (SSSR count). The fraction of sp³-hybridized carbons (Fsp3) is 0.500. The van der Waals surface area contributed by atoms with Gasteiger partial charge in [0.2, 0.25) is 11.8 Å². The largest absolute Gasteiger partial charge is 0.331 e. The fourth-order valence-corrected chi connectivity index (χ4v) is 2.31. The Kier molecular flexibility index (Phi) is 2.29. The molecule has 7 heteroatoms. The van der Waals surface area contributed by atoms with Crippen molar-refractivity contribution >= 4 is 17.8 Å². The lowest BCUT2D eigenvalue weighted by Crippen LogP contribution is -2.58. The van der Waals surface area contributed by atoms with E-state index in [1.165, 1.54) is 0 Å². The fourth-order valence-electron chi connectivity index (χ4n) is 2.31. The molecule has 1 N–H and O–H groups in total. The first-order valence-corrected chi connectivity index (χ1v) is 6.10. The Balaban J connectivity index is 1.88. The summed E-state index contributed by atoms with van der Waals surface area (Å²) in [6.07, 6.45) is 2.67. The minimum Gasteiger partial charge on any atom is -0.277 e. The van der Waals surface area contributed by atoms with Crippen molar-refractivity contribution in [1.82, 2.24) is 20.0 Å². The molecular weight excluding hydrogens is 248 g/mol. The van der Waals surface area contributed by atoms with Gasteiger partial charge in [-0.1, -0.05) is 0 Å². The van der Waals surface area contributed by atoms with Gasteiger partial charge in [0.25, 0.3) is 0 Å². The first-order valence-electron chi connectivity index (χ1n) is 6.10. The Morgan fingerprint density at radius 1 is 1.37 bits per heavy atom. The number of carbonyl (C=O) groups excluding carboxylic acids is 3. The molecule has 1 spiro atoms. The van der Waals surface area contributed by atoms with Crippen LogP contribution in [0, 0.1) is 12.3 Å². The van der Waals surface area contributed by atoms with E-state index in [0.717, 1.165) is 16.2 Å². The lowest BCUT2D eigenvalue weighted by molar-refractivity contribution is -0.145. The van der Waals surface area contributed by atoms with E-state index in [0.29, 0.717) is 12.8 Å². The van der Waals surface area contributed by atoms with Gasteiger partial charge in [0.1, 0.15) is 5.41 Å². The number of urea groups is 1. The molecule has 0 atom stereocenters. The van der Waals surface area contributed by atoms with Crippen molar-refractivity contribution in [2.45, 2.75) is 26.3 Å². The van der Waals surface area contributed by atoms with E-state index in [9.17, 15) is 14.4 Å². The Labute approximate surface area is 109 Å². The third kappa shape index (κ3) is 1.57. The van der Waals surface area contributed by atoms with Crippen molar-refractivity contribution in [3.05, 3.63) is 17.5 Å². The normalized spacial score (nSPS) is 20.9. The van der Waals surface area contributed by atoms with E-state index in [1.54, 1.807) is 17.9 Å². The summed E-state index contributed by atoms with van der Waals surface area (Å²) in [5, 5.41) is 6.34. The minimum absolute atomic E-state index is 0.152. The quantitative estimate of drug-likeness (QED) is 0.765. The van der Waals surface area contributed by atoms with Crippen LogP contribution in [0.1, 0.15) is 24.1 Å². The molecule has 0 unspecified atom stereocenters. The van der Waals surface area contributed by atoms with Crippen LogP contribution in [0.2, 0.25) is 0 Å². The Hall–Kier alpha value is -2.18. The molecule has 1 aromatic rings. The van der Waals surface area contributed by atoms with E-state index in [-0.39, 0.29) is 12.5 Å². The van der Waals surface area contributed by atoms with Gasteiger partial charge in [0.15, 0.2) is 0 Å². The predicted molar refractivity (Wildman–Crippen MR) is 63.7 cm³/mol. The maximum Gasteiger partial charge on any atom is 0.331 e. The molecule has 2 fully saturated rings. The SMILES string of the molecule is Cc1c(CN2C(=O)NC(=O)C3(CC3)C2=O)cnn1C. The van der Waals surface area contributed by atoms with E-state index in [1.807, 2.05) is 6.92 Å². The molecule has 4 amide bonds. The number of aromatic nitrogens is 2. The van der Waals surface area contributed by atoms with Crippen LogP contribution < -0.4 is 5.32 Å². The van der Waals surface area contributed by atoms with Crippen molar-refractivity contribution in [3.63, 3.8) is 0 Å². The summed E-state index contributed by atoms with van der Waals surface area (Å²) in [6, 6.07) is -0.643. The number of nitrogens with one attached hydrogen (secondary N) is 1. The summed E-state index contributed by atoms with van der Waals surface area (Å²) in [7, 11) is 1.79. The number of hydrogen-bond acceptors (Lipinski definition) is 4. The van der Waals surface area contributed by atoms with Crippen LogP contribution >= 0.6 is 0 Å². The lowest BCUT2D eigenvalue weighted by Gasteiger charge is -2.30. The lowest BCUT2D eigenvalue weighted by atomic mass is 10.0. The summed E-state index contributed by atoms with van der Waals surface area (Å²) in [5.74, 6) is -0.842. The molecule has 2 heterocycles. The van der Waals surface area contributed by atoms with Crippen molar-refractivity contribution < 1.29 is 14.4 Å². The van der Waals surface area contributed by atoms with Gasteiger partial charge in [-0.25, -0.2) is 4.79 Å². The predicted octanol–water partition coefficient (Wildman–Crippen LogP) is 0.0871. The summed E-state index contributed by atoms with van der Waals surface area (Å²) in [6.45, 7) is 2.02. The van der Waals surface area contributed by atoms with Gasteiger partial charge in [-0.2, -0.15) is 5.10 Å². The zero-order valence-electron chi connectivity index (χ0n) is 10.8. The molecule has 1 aliphatic heterocycles. The molecule has 1 aromatic heterocycles. The molecule has 1 saturated heterocycles. The second-order valence-corrected chi connectivity index (χ2v) is 5.11. The molecular formula is C12H14N4O3. The second-order valence-electron chi connectivity index (χ2n) is 5.11. The minimum atomic E-state index is -0.982. The number of aryl methyl sites for hydroxylation is 1. The molecule has 1 aliphatic carbocycles. The van der Waals surface area contributed by atoms with Gasteiger partial charge >= 0.3 is 6.03 Å². The topological polar surface area (TPSA) is 84.3 Å². The molecule has 7 nitrogen and oxygen atoms in total. The van der Waals surface area contributed by atoms with Gasteiger partial charge in [0.05, 0.1) is 12.7 Å². The van der Waals surface area contributed by atoms with Crippen molar-refractivity contribution in [2.24, 2.45) is 12.5 Å². The number of rotatable bonds is 2. The first-order chi connectivity index (χ1) is 8.95. The standard InChI is InChI=1S/C12H14N4O3/c1-7-8(5-13-15(7)2)6-16-10(18)12(3-4-12)9(17)14-11(16)19/h5H,3-4,6H2,1-2H3,(H,14,17,19). The molecule has 0 radical (unpaired) electrons. The van der Waals surface area contributed by atoms with Gasteiger partial charge in [0, 0.05) is 18.3 Å². The maximum absolute atomic E-state index is 12.3. The molecule has 2 aliphatic rings. The number of hydrogen-bond donors (Lipinski definition) is 1. The Morgan fingerprint density at radius 2 is 2.05 bits per heavy atom. The van der Waals surface area contributed by atoms with Crippen molar-refractivity contribution in [3.8, 4) is 0 Å². The van der Waals surface area contributed by atoms with E-state index in [4.69, 9.17) is 0 Å². The monoisotopic (exact) mass is 262 g/mol. The average Bonchev–Trinajstić information content (AvgIpc) is 3.11. The van der Waals surface area contributed by atoms with Gasteiger partial charge in [-0.15, -0.1) is 0 Å². The molecule has 1 saturated carbocycles. The highest BCUT2D eigenvalue weighted by Crippen LogP contribution is 2.49.